The maximum atomic E-state index is 11.7. The average Bonchev–Trinajstić information content (AvgIpc) is 2.39. The molecule has 19 heavy (non-hydrogen) atoms. The van der Waals surface area contributed by atoms with E-state index in [1.54, 1.807) is 31.2 Å². The molecule has 0 radical (unpaired) electrons. The summed E-state index contributed by atoms with van der Waals surface area (Å²) in [7, 11) is 0. The standard InChI is InChI=1S/C15H14BrNO2/c1-15(14(18)19,10-2-6-12(16)7-3-10)11-4-8-13(17)9-5-11/h2-9H,17H2,1H3,(H,18,19). The number of halogens is 1. The number of aliphatic carboxylic acids is 1. The second kappa shape index (κ2) is 5.05. The zero-order chi connectivity index (χ0) is 14.0. The average molecular weight is 320 g/mol. The highest BCUT2D eigenvalue weighted by molar-refractivity contribution is 9.10. The van der Waals surface area contributed by atoms with E-state index in [2.05, 4.69) is 15.9 Å². The maximum absolute atomic E-state index is 11.7. The molecule has 3 N–H and O–H groups in total. The second-order valence-corrected chi connectivity index (χ2v) is 5.47. The first kappa shape index (κ1) is 13.6. The van der Waals surface area contributed by atoms with E-state index in [-0.39, 0.29) is 0 Å². The lowest BCUT2D eigenvalue weighted by molar-refractivity contribution is -0.141. The van der Waals surface area contributed by atoms with E-state index in [9.17, 15) is 9.90 Å². The lowest BCUT2D eigenvalue weighted by Gasteiger charge is -2.26. The van der Waals surface area contributed by atoms with Crippen LogP contribution < -0.4 is 5.73 Å². The first-order valence-electron chi connectivity index (χ1n) is 5.80. The van der Waals surface area contributed by atoms with Gasteiger partial charge >= 0.3 is 5.97 Å². The Morgan fingerprint density at radius 3 is 1.89 bits per heavy atom. The van der Waals surface area contributed by atoms with Crippen LogP contribution in [0.15, 0.2) is 53.0 Å². The number of nitrogen functional groups attached to an aromatic ring is 1. The van der Waals surface area contributed by atoms with Gasteiger partial charge in [-0.3, -0.25) is 4.79 Å². The highest BCUT2D eigenvalue weighted by Crippen LogP contribution is 2.33. The number of anilines is 1. The molecule has 0 amide bonds. The van der Waals surface area contributed by atoms with Gasteiger partial charge in [0, 0.05) is 10.2 Å². The largest absolute Gasteiger partial charge is 0.480 e. The van der Waals surface area contributed by atoms with Crippen molar-refractivity contribution in [3.8, 4) is 0 Å². The molecule has 0 aliphatic carbocycles. The maximum Gasteiger partial charge on any atom is 0.318 e. The van der Waals surface area contributed by atoms with Crippen LogP contribution in [-0.2, 0) is 10.2 Å². The minimum absolute atomic E-state index is 0.618. The molecule has 1 atom stereocenters. The Hall–Kier alpha value is -1.81. The van der Waals surface area contributed by atoms with E-state index in [4.69, 9.17) is 5.73 Å². The van der Waals surface area contributed by atoms with Crippen LogP contribution in [0.25, 0.3) is 0 Å². The van der Waals surface area contributed by atoms with E-state index in [1.807, 2.05) is 24.3 Å². The fourth-order valence-electron chi connectivity index (χ4n) is 2.01. The number of rotatable bonds is 3. The molecular weight excluding hydrogens is 306 g/mol. The molecule has 0 heterocycles. The lowest BCUT2D eigenvalue weighted by atomic mass is 9.76. The highest BCUT2D eigenvalue weighted by Gasteiger charge is 2.37. The number of carboxylic acids is 1. The van der Waals surface area contributed by atoms with Gasteiger partial charge in [-0.15, -0.1) is 0 Å². The van der Waals surface area contributed by atoms with Gasteiger partial charge in [-0.1, -0.05) is 40.2 Å². The molecule has 2 rings (SSSR count). The molecule has 0 saturated carbocycles. The van der Waals surface area contributed by atoms with Crippen molar-refractivity contribution in [2.45, 2.75) is 12.3 Å². The summed E-state index contributed by atoms with van der Waals surface area (Å²) >= 11 is 3.35. The molecule has 1 unspecified atom stereocenters. The Bertz CT molecular complexity index is 545. The van der Waals surface area contributed by atoms with E-state index in [0.29, 0.717) is 11.3 Å². The summed E-state index contributed by atoms with van der Waals surface area (Å²) < 4.78 is 0.918. The summed E-state index contributed by atoms with van der Waals surface area (Å²) in [6.45, 7) is 1.70. The molecule has 2 aromatic carbocycles. The zero-order valence-corrected chi connectivity index (χ0v) is 12.0. The van der Waals surface area contributed by atoms with Gasteiger partial charge < -0.3 is 10.8 Å². The van der Waals surface area contributed by atoms with Crippen LogP contribution in [0.2, 0.25) is 0 Å². The number of hydrogen-bond acceptors (Lipinski definition) is 2. The lowest BCUT2D eigenvalue weighted by Crippen LogP contribution is -2.33. The summed E-state index contributed by atoms with van der Waals surface area (Å²) in [5.41, 5.74) is 6.61. The van der Waals surface area contributed by atoms with Crippen molar-refractivity contribution >= 4 is 27.6 Å². The van der Waals surface area contributed by atoms with Gasteiger partial charge in [-0.25, -0.2) is 0 Å². The Morgan fingerprint density at radius 2 is 1.47 bits per heavy atom. The minimum atomic E-state index is -1.09. The molecule has 4 heteroatoms. The predicted molar refractivity (Wildman–Crippen MR) is 79.1 cm³/mol. The van der Waals surface area contributed by atoms with E-state index < -0.39 is 11.4 Å². The van der Waals surface area contributed by atoms with E-state index >= 15 is 0 Å². The molecule has 0 aliphatic heterocycles. The molecule has 0 bridgehead atoms. The normalized spacial score (nSPS) is 13.8. The molecule has 0 fully saturated rings. The monoisotopic (exact) mass is 319 g/mol. The van der Waals surface area contributed by atoms with Gasteiger partial charge in [0.25, 0.3) is 0 Å². The zero-order valence-electron chi connectivity index (χ0n) is 10.4. The van der Waals surface area contributed by atoms with Crippen LogP contribution in [0.1, 0.15) is 18.1 Å². The molecule has 0 aromatic heterocycles. The van der Waals surface area contributed by atoms with Crippen molar-refractivity contribution < 1.29 is 9.90 Å². The van der Waals surface area contributed by atoms with Crippen LogP contribution in [0.4, 0.5) is 5.69 Å². The molecule has 3 nitrogen and oxygen atoms in total. The topological polar surface area (TPSA) is 63.3 Å². The number of hydrogen-bond donors (Lipinski definition) is 2. The van der Waals surface area contributed by atoms with Crippen molar-refractivity contribution in [3.05, 3.63) is 64.1 Å². The SMILES string of the molecule is CC(C(=O)O)(c1ccc(N)cc1)c1ccc(Br)cc1. The third-order valence-electron chi connectivity index (χ3n) is 3.34. The van der Waals surface area contributed by atoms with Crippen molar-refractivity contribution in [1.82, 2.24) is 0 Å². The molecule has 0 spiro atoms. The van der Waals surface area contributed by atoms with Crippen LogP contribution in [-0.4, -0.2) is 11.1 Å². The Labute approximate surface area is 120 Å². The van der Waals surface area contributed by atoms with Gasteiger partial charge in [0.2, 0.25) is 0 Å². The first-order valence-corrected chi connectivity index (χ1v) is 6.59. The summed E-state index contributed by atoms with van der Waals surface area (Å²) in [5.74, 6) is -0.889. The Balaban J connectivity index is 2.57. The molecule has 0 saturated heterocycles. The quantitative estimate of drug-likeness (QED) is 0.852. The first-order chi connectivity index (χ1) is 8.94. The number of nitrogens with two attached hydrogens (primary N) is 1. The van der Waals surface area contributed by atoms with Gasteiger partial charge in [-0.05, 0) is 42.3 Å². The predicted octanol–water partition coefficient (Wildman–Crippen LogP) is 3.42. The third kappa shape index (κ3) is 2.49. The Morgan fingerprint density at radius 1 is 1.05 bits per heavy atom. The summed E-state index contributed by atoms with van der Waals surface area (Å²) in [6.07, 6.45) is 0. The van der Waals surface area contributed by atoms with Crippen molar-refractivity contribution in [1.29, 1.82) is 0 Å². The summed E-state index contributed by atoms with van der Waals surface area (Å²) in [4.78, 5) is 11.7. The van der Waals surface area contributed by atoms with Gasteiger partial charge in [0.15, 0.2) is 0 Å². The molecule has 98 valence electrons. The second-order valence-electron chi connectivity index (χ2n) is 4.56. The smallest absolute Gasteiger partial charge is 0.318 e. The van der Waals surface area contributed by atoms with Crippen LogP contribution >= 0.6 is 15.9 Å². The van der Waals surface area contributed by atoms with Crippen LogP contribution in [0.3, 0.4) is 0 Å². The van der Waals surface area contributed by atoms with Crippen molar-refractivity contribution in [2.24, 2.45) is 0 Å². The fraction of sp³-hybridized carbons (Fsp3) is 0.133. The van der Waals surface area contributed by atoms with Crippen molar-refractivity contribution in [2.75, 3.05) is 5.73 Å². The van der Waals surface area contributed by atoms with E-state index in [1.165, 1.54) is 0 Å². The summed E-state index contributed by atoms with van der Waals surface area (Å²) in [5, 5.41) is 9.64. The highest BCUT2D eigenvalue weighted by atomic mass is 79.9. The molecular formula is C15H14BrNO2. The molecule has 0 aliphatic rings. The minimum Gasteiger partial charge on any atom is -0.480 e. The fourth-order valence-corrected chi connectivity index (χ4v) is 2.28. The van der Waals surface area contributed by atoms with Crippen molar-refractivity contribution in [3.63, 3.8) is 0 Å². The van der Waals surface area contributed by atoms with E-state index in [0.717, 1.165) is 10.0 Å². The summed E-state index contributed by atoms with van der Waals surface area (Å²) in [6, 6.07) is 14.3. The molecule has 2 aromatic rings. The van der Waals surface area contributed by atoms with Crippen LogP contribution in [0, 0.1) is 0 Å². The number of carbonyl (C=O) groups is 1. The third-order valence-corrected chi connectivity index (χ3v) is 3.87. The van der Waals surface area contributed by atoms with Gasteiger partial charge in [0.1, 0.15) is 5.41 Å². The van der Waals surface area contributed by atoms with Crippen LogP contribution in [0.5, 0.6) is 0 Å². The van der Waals surface area contributed by atoms with Gasteiger partial charge in [0.05, 0.1) is 0 Å². The van der Waals surface area contributed by atoms with Gasteiger partial charge in [-0.2, -0.15) is 0 Å². The Kier molecular flexibility index (Phi) is 3.62. The number of carboxylic acid groups (broad SMARTS) is 1. The number of benzene rings is 2.